The van der Waals surface area contributed by atoms with Crippen molar-refractivity contribution in [2.45, 2.75) is 72.7 Å². The Balaban J connectivity index is 1.41. The summed E-state index contributed by atoms with van der Waals surface area (Å²) in [6, 6.07) is 54.9. The van der Waals surface area contributed by atoms with Crippen LogP contribution in [0.3, 0.4) is 0 Å². The van der Waals surface area contributed by atoms with Crippen molar-refractivity contribution in [2.75, 3.05) is 0 Å². The summed E-state index contributed by atoms with van der Waals surface area (Å²) in [4.78, 5) is 0. The van der Waals surface area contributed by atoms with Crippen molar-refractivity contribution in [3.63, 3.8) is 0 Å². The molecule has 0 amide bonds. The third kappa shape index (κ3) is 7.09. The van der Waals surface area contributed by atoms with Crippen LogP contribution < -0.4 is 0 Å². The standard InChI is InChI=1S/2C25H23.C2H7Si.Zr/c2*1-2-3-10-19-17-24-22(20-11-6-4-7-12-20)15-16-23(25(24)18-19)21-13-8-5-9-14-21;1-3-2;/h2*4-9,11-18H,2-3,10H2,1H3;3H,1-2H3;. The van der Waals surface area contributed by atoms with Crippen molar-refractivity contribution < 1.29 is 20.9 Å². The second kappa shape index (κ2) is 16.7. The van der Waals surface area contributed by atoms with Crippen LogP contribution in [-0.4, -0.2) is 5.92 Å². The summed E-state index contributed by atoms with van der Waals surface area (Å²) in [6.45, 7) is 10.2. The molecule has 6 aromatic rings. The summed E-state index contributed by atoms with van der Waals surface area (Å²) in [5, 5.41) is 0. The van der Waals surface area contributed by atoms with E-state index < -0.39 is 26.8 Å². The van der Waals surface area contributed by atoms with Crippen molar-refractivity contribution >= 4 is 18.1 Å². The van der Waals surface area contributed by atoms with Crippen LogP contribution in [0.1, 0.15) is 81.9 Å². The molecule has 2 aliphatic rings. The first-order valence-corrected chi connectivity index (χ1v) is 30.4. The van der Waals surface area contributed by atoms with E-state index in [-0.39, 0.29) is 0 Å². The molecule has 0 spiro atoms. The Morgan fingerprint density at radius 1 is 0.426 bits per heavy atom. The van der Waals surface area contributed by atoms with Crippen LogP contribution >= 0.6 is 0 Å². The fraction of sp³-hybridized carbons (Fsp3) is 0.231. The first kappa shape index (κ1) is 36.9. The Hall–Kier alpha value is -4.10. The van der Waals surface area contributed by atoms with Crippen LogP contribution in [0.4, 0.5) is 0 Å². The van der Waals surface area contributed by atoms with Gasteiger partial charge >= 0.3 is 335 Å². The number of hydrogen-bond donors (Lipinski definition) is 0. The van der Waals surface area contributed by atoms with Crippen LogP contribution in [0.15, 0.2) is 157 Å². The van der Waals surface area contributed by atoms with Gasteiger partial charge in [-0.15, -0.1) is 0 Å². The maximum atomic E-state index is 2.74. The van der Waals surface area contributed by atoms with Gasteiger partial charge in [0.15, 0.2) is 0 Å². The summed E-state index contributed by atoms with van der Waals surface area (Å²) in [5.41, 5.74) is 20.9. The normalized spacial score (nSPS) is 15.9. The Labute approximate surface area is 333 Å². The number of hydrogen-bond acceptors (Lipinski definition) is 0. The minimum atomic E-state index is -2.50. The molecule has 0 fully saturated rings. The molecule has 0 aromatic heterocycles. The molecule has 0 aliphatic heterocycles. The van der Waals surface area contributed by atoms with Gasteiger partial charge in [-0.25, -0.2) is 0 Å². The summed E-state index contributed by atoms with van der Waals surface area (Å²) in [5.74, 6) is -1.15. The molecule has 6 aromatic carbocycles. The molecular formula is C52H53SiZr. The van der Waals surface area contributed by atoms with E-state index in [1.54, 1.807) is 22.3 Å². The average molecular weight is 797 g/mol. The van der Waals surface area contributed by atoms with E-state index in [0.29, 0.717) is 7.25 Å². The van der Waals surface area contributed by atoms with Crippen LogP contribution in [0.5, 0.6) is 0 Å². The molecule has 8 rings (SSSR count). The fourth-order valence-corrected chi connectivity index (χ4v) is 32.3. The van der Waals surface area contributed by atoms with Gasteiger partial charge in [-0.1, -0.05) is 0 Å². The first-order valence-electron chi connectivity index (χ1n) is 20.4. The van der Waals surface area contributed by atoms with Crippen molar-refractivity contribution in [1.29, 1.82) is 0 Å². The van der Waals surface area contributed by atoms with E-state index in [0.717, 1.165) is 0 Å². The fourth-order valence-electron chi connectivity index (χ4n) is 9.38. The molecule has 0 heterocycles. The second-order valence-corrected chi connectivity index (χ2v) is 35.7. The van der Waals surface area contributed by atoms with Crippen molar-refractivity contribution in [3.05, 3.63) is 179 Å². The zero-order valence-electron chi connectivity index (χ0n) is 32.5. The summed E-state index contributed by atoms with van der Waals surface area (Å²) >= 11 is -2.50. The van der Waals surface area contributed by atoms with Crippen LogP contribution in [0.2, 0.25) is 13.1 Å². The Kier molecular flexibility index (Phi) is 11.4. The molecule has 0 radical (unpaired) electrons. The number of allylic oxidation sites excluding steroid dienone is 2. The Morgan fingerprint density at radius 2 is 0.741 bits per heavy atom. The summed E-state index contributed by atoms with van der Waals surface area (Å²) in [6.07, 6.45) is 12.8. The van der Waals surface area contributed by atoms with Crippen LogP contribution in [0, 0.1) is 0 Å². The topological polar surface area (TPSA) is 0 Å². The van der Waals surface area contributed by atoms with Crippen LogP contribution in [-0.2, 0) is 20.9 Å². The molecule has 2 heteroatoms. The quantitative estimate of drug-likeness (QED) is 0.102. The van der Waals surface area contributed by atoms with Gasteiger partial charge in [0.05, 0.1) is 0 Å². The van der Waals surface area contributed by atoms with E-state index in [1.165, 1.54) is 94.2 Å². The predicted molar refractivity (Wildman–Crippen MR) is 234 cm³/mol. The number of rotatable bonds is 13. The minimum absolute atomic E-state index is 0.560. The molecule has 54 heavy (non-hydrogen) atoms. The van der Waals surface area contributed by atoms with E-state index in [4.69, 9.17) is 0 Å². The molecule has 0 saturated carbocycles. The zero-order valence-corrected chi connectivity index (χ0v) is 36.1. The molecule has 269 valence electrons. The van der Waals surface area contributed by atoms with E-state index in [9.17, 15) is 0 Å². The van der Waals surface area contributed by atoms with Gasteiger partial charge in [0, 0.05) is 0 Å². The van der Waals surface area contributed by atoms with E-state index >= 15 is 0 Å². The second-order valence-electron chi connectivity index (χ2n) is 15.6. The van der Waals surface area contributed by atoms with Gasteiger partial charge in [-0.05, 0) is 0 Å². The molecule has 2 aliphatic carbocycles. The monoisotopic (exact) mass is 795 g/mol. The molecule has 0 nitrogen and oxygen atoms in total. The number of fused-ring (bicyclic) bond motifs is 2. The summed E-state index contributed by atoms with van der Waals surface area (Å²) < 4.78 is 1.12. The average Bonchev–Trinajstić information content (AvgIpc) is 3.79. The van der Waals surface area contributed by atoms with Gasteiger partial charge in [-0.3, -0.25) is 0 Å². The van der Waals surface area contributed by atoms with Gasteiger partial charge < -0.3 is 0 Å². The Bertz CT molecular complexity index is 2110. The van der Waals surface area contributed by atoms with Crippen molar-refractivity contribution in [3.8, 4) is 44.5 Å². The SMILES string of the molecule is CCCCC1=Cc2c(-c3ccccc3)ccc(-c3ccccc3)c2[CH]1[Zr]([CH]1C(CCCC)=Cc2c(-c3ccccc3)ccc(-c3ccccc3)c21)[SiH](C)C. The molecule has 0 saturated heterocycles. The predicted octanol–water partition coefficient (Wildman–Crippen LogP) is 14.9. The van der Waals surface area contributed by atoms with Crippen molar-refractivity contribution in [1.82, 2.24) is 0 Å². The third-order valence-electron chi connectivity index (χ3n) is 11.9. The van der Waals surface area contributed by atoms with Crippen LogP contribution in [0.25, 0.3) is 56.7 Å². The maximum absolute atomic E-state index is 2.74. The molecule has 0 N–H and O–H groups in total. The third-order valence-corrected chi connectivity index (χ3v) is 33.5. The molecule has 2 unspecified atom stereocenters. The number of unbranched alkanes of at least 4 members (excludes halogenated alkanes) is 2. The Morgan fingerprint density at radius 3 is 1.06 bits per heavy atom. The number of benzene rings is 6. The van der Waals surface area contributed by atoms with Gasteiger partial charge in [-0.2, -0.15) is 0 Å². The molecule has 2 atom stereocenters. The zero-order chi connectivity index (χ0) is 37.0. The molecule has 0 bridgehead atoms. The molecular weight excluding hydrogens is 744 g/mol. The van der Waals surface area contributed by atoms with Gasteiger partial charge in [0.2, 0.25) is 0 Å². The van der Waals surface area contributed by atoms with Gasteiger partial charge in [0.1, 0.15) is 0 Å². The first-order chi connectivity index (χ1) is 26.6. The summed E-state index contributed by atoms with van der Waals surface area (Å²) in [7, 11) is 0. The van der Waals surface area contributed by atoms with Crippen molar-refractivity contribution in [2.24, 2.45) is 0 Å². The van der Waals surface area contributed by atoms with E-state index in [1.807, 2.05) is 0 Å². The van der Waals surface area contributed by atoms with E-state index in [2.05, 4.69) is 185 Å². The van der Waals surface area contributed by atoms with Gasteiger partial charge in [0.25, 0.3) is 0 Å².